The molecule has 1 atom stereocenters. The van der Waals surface area contributed by atoms with Crippen LogP contribution in [0.2, 0.25) is 0 Å². The Morgan fingerprint density at radius 3 is 2.75 bits per heavy atom. The van der Waals surface area contributed by atoms with Crippen LogP contribution in [-0.2, 0) is 6.54 Å². The highest BCUT2D eigenvalue weighted by molar-refractivity contribution is 7.10. The van der Waals surface area contributed by atoms with Gasteiger partial charge in [-0.2, -0.15) is 0 Å². The predicted octanol–water partition coefficient (Wildman–Crippen LogP) is 3.88. The van der Waals surface area contributed by atoms with Crippen LogP contribution in [0.1, 0.15) is 55.0 Å². The third kappa shape index (κ3) is 5.58. The SMILES string of the molecule is CCNC(=NCc1nc(C)c(C)o1)NCC(c1cccs1)N1CCC(C)CC1. The van der Waals surface area contributed by atoms with Crippen molar-refractivity contribution in [3.63, 3.8) is 0 Å². The van der Waals surface area contributed by atoms with Crippen molar-refractivity contribution in [3.05, 3.63) is 39.7 Å². The van der Waals surface area contributed by atoms with Gasteiger partial charge in [-0.15, -0.1) is 11.3 Å². The summed E-state index contributed by atoms with van der Waals surface area (Å²) in [7, 11) is 0. The third-order valence-corrected chi connectivity index (χ3v) is 6.36. The Balaban J connectivity index is 1.65. The summed E-state index contributed by atoms with van der Waals surface area (Å²) in [6.07, 6.45) is 2.55. The van der Waals surface area contributed by atoms with Crippen LogP contribution in [0, 0.1) is 19.8 Å². The van der Waals surface area contributed by atoms with Crippen LogP contribution >= 0.6 is 11.3 Å². The molecule has 1 saturated heterocycles. The number of nitrogens with zero attached hydrogens (tertiary/aromatic N) is 3. The zero-order valence-corrected chi connectivity index (χ0v) is 18.3. The lowest BCUT2D eigenvalue weighted by molar-refractivity contribution is 0.140. The molecule has 2 aromatic heterocycles. The minimum atomic E-state index is 0.377. The quantitative estimate of drug-likeness (QED) is 0.542. The van der Waals surface area contributed by atoms with E-state index in [4.69, 9.17) is 4.42 Å². The van der Waals surface area contributed by atoms with Gasteiger partial charge in [0.1, 0.15) is 12.3 Å². The molecule has 0 spiro atoms. The Bertz CT molecular complexity index is 727. The van der Waals surface area contributed by atoms with Crippen LogP contribution in [0.4, 0.5) is 0 Å². The predicted molar refractivity (Wildman–Crippen MR) is 116 cm³/mol. The van der Waals surface area contributed by atoms with Crippen LogP contribution in [0.25, 0.3) is 0 Å². The number of aromatic nitrogens is 1. The minimum Gasteiger partial charge on any atom is -0.444 e. The molecule has 2 aromatic rings. The van der Waals surface area contributed by atoms with Gasteiger partial charge in [0, 0.05) is 18.0 Å². The van der Waals surface area contributed by atoms with E-state index in [2.05, 4.69) is 56.9 Å². The van der Waals surface area contributed by atoms with Crippen LogP contribution in [-0.4, -0.2) is 42.0 Å². The first-order valence-electron chi connectivity index (χ1n) is 10.3. The van der Waals surface area contributed by atoms with Gasteiger partial charge in [-0.1, -0.05) is 13.0 Å². The number of nitrogens with one attached hydrogen (secondary N) is 2. The van der Waals surface area contributed by atoms with E-state index in [9.17, 15) is 0 Å². The Morgan fingerprint density at radius 1 is 1.36 bits per heavy atom. The van der Waals surface area contributed by atoms with Crippen LogP contribution in [0.3, 0.4) is 0 Å². The van der Waals surface area contributed by atoms with Gasteiger partial charge in [-0.25, -0.2) is 9.98 Å². The van der Waals surface area contributed by atoms with E-state index in [0.717, 1.165) is 49.5 Å². The Hall–Kier alpha value is -1.86. The second-order valence-electron chi connectivity index (χ2n) is 7.57. The number of hydrogen-bond acceptors (Lipinski definition) is 5. The molecule has 28 heavy (non-hydrogen) atoms. The minimum absolute atomic E-state index is 0.377. The Labute approximate surface area is 172 Å². The summed E-state index contributed by atoms with van der Waals surface area (Å²) in [6, 6.07) is 4.77. The molecule has 7 heteroatoms. The van der Waals surface area contributed by atoms with E-state index >= 15 is 0 Å². The van der Waals surface area contributed by atoms with Gasteiger partial charge < -0.3 is 15.1 Å². The Kier molecular flexibility index (Phi) is 7.50. The molecule has 0 aromatic carbocycles. The van der Waals surface area contributed by atoms with Crippen molar-refractivity contribution in [2.24, 2.45) is 10.9 Å². The molecule has 0 radical (unpaired) electrons. The summed E-state index contributed by atoms with van der Waals surface area (Å²) < 4.78 is 5.65. The standard InChI is InChI=1S/C21H33N5OS/c1-5-22-21(24-14-20-25-16(3)17(4)27-20)23-13-18(19-7-6-12-28-19)26-10-8-15(2)9-11-26/h6-7,12,15,18H,5,8-11,13-14H2,1-4H3,(H2,22,23,24). The third-order valence-electron chi connectivity index (χ3n) is 5.38. The van der Waals surface area contributed by atoms with E-state index in [1.165, 1.54) is 17.7 Å². The second-order valence-corrected chi connectivity index (χ2v) is 8.55. The molecule has 1 fully saturated rings. The van der Waals surface area contributed by atoms with Gasteiger partial charge in [0.05, 0.1) is 11.7 Å². The first kappa shape index (κ1) is 20.9. The fraction of sp³-hybridized carbons (Fsp3) is 0.619. The monoisotopic (exact) mass is 403 g/mol. The molecule has 1 aliphatic heterocycles. The van der Waals surface area contributed by atoms with E-state index in [-0.39, 0.29) is 0 Å². The number of rotatable bonds is 7. The summed E-state index contributed by atoms with van der Waals surface area (Å²) in [5, 5.41) is 9.05. The zero-order chi connectivity index (χ0) is 19.9. The average molecular weight is 404 g/mol. The largest absolute Gasteiger partial charge is 0.444 e. The highest BCUT2D eigenvalue weighted by atomic mass is 32.1. The topological polar surface area (TPSA) is 65.7 Å². The average Bonchev–Trinajstić information content (AvgIpc) is 3.31. The molecule has 3 heterocycles. The fourth-order valence-corrected chi connectivity index (χ4v) is 4.38. The molecule has 0 bridgehead atoms. The lowest BCUT2D eigenvalue weighted by Crippen LogP contribution is -2.45. The van der Waals surface area contributed by atoms with Crippen LogP contribution in [0.15, 0.2) is 26.9 Å². The molecule has 0 amide bonds. The van der Waals surface area contributed by atoms with Crippen molar-refractivity contribution in [1.29, 1.82) is 0 Å². The lowest BCUT2D eigenvalue weighted by Gasteiger charge is -2.36. The van der Waals surface area contributed by atoms with Gasteiger partial charge >= 0.3 is 0 Å². The Morgan fingerprint density at radius 2 is 2.14 bits per heavy atom. The number of guanidine groups is 1. The van der Waals surface area contributed by atoms with Crippen molar-refractivity contribution >= 4 is 17.3 Å². The van der Waals surface area contributed by atoms with E-state index in [1.807, 2.05) is 25.2 Å². The van der Waals surface area contributed by atoms with Crippen LogP contribution < -0.4 is 10.6 Å². The highest BCUT2D eigenvalue weighted by Crippen LogP contribution is 2.29. The number of hydrogen-bond donors (Lipinski definition) is 2. The van der Waals surface area contributed by atoms with Gasteiger partial charge in [0.25, 0.3) is 0 Å². The maximum atomic E-state index is 5.65. The maximum absolute atomic E-state index is 5.65. The number of aliphatic imine (C=N–C) groups is 1. The first-order valence-corrected chi connectivity index (χ1v) is 11.2. The summed E-state index contributed by atoms with van der Waals surface area (Å²) >= 11 is 1.84. The van der Waals surface area contributed by atoms with Gasteiger partial charge in [0.2, 0.25) is 5.89 Å². The number of aryl methyl sites for hydroxylation is 2. The van der Waals surface area contributed by atoms with Crippen molar-refractivity contribution < 1.29 is 4.42 Å². The van der Waals surface area contributed by atoms with Gasteiger partial charge in [-0.3, -0.25) is 4.90 Å². The second kappa shape index (κ2) is 10.1. The smallest absolute Gasteiger partial charge is 0.216 e. The summed E-state index contributed by atoms with van der Waals surface area (Å²) in [5.41, 5.74) is 0.931. The van der Waals surface area contributed by atoms with Crippen molar-refractivity contribution in [1.82, 2.24) is 20.5 Å². The fourth-order valence-electron chi connectivity index (χ4n) is 3.52. The molecule has 154 valence electrons. The molecule has 1 aliphatic rings. The molecule has 0 aliphatic carbocycles. The summed E-state index contributed by atoms with van der Waals surface area (Å²) in [6.45, 7) is 12.8. The van der Waals surface area contributed by atoms with Gasteiger partial charge in [-0.05, 0) is 64.1 Å². The van der Waals surface area contributed by atoms with Crippen molar-refractivity contribution in [2.75, 3.05) is 26.2 Å². The molecular formula is C21H33N5OS. The molecule has 1 unspecified atom stereocenters. The molecule has 0 saturated carbocycles. The normalized spacial score (nSPS) is 17.6. The van der Waals surface area contributed by atoms with E-state index in [1.54, 1.807) is 0 Å². The van der Waals surface area contributed by atoms with Crippen molar-refractivity contribution in [2.45, 2.75) is 53.1 Å². The molecule has 2 N–H and O–H groups in total. The van der Waals surface area contributed by atoms with Gasteiger partial charge in [0.15, 0.2) is 5.96 Å². The van der Waals surface area contributed by atoms with E-state index in [0.29, 0.717) is 18.5 Å². The highest BCUT2D eigenvalue weighted by Gasteiger charge is 2.25. The molecule has 3 rings (SSSR count). The lowest BCUT2D eigenvalue weighted by atomic mass is 9.97. The number of thiophene rings is 1. The van der Waals surface area contributed by atoms with Crippen LogP contribution in [0.5, 0.6) is 0 Å². The summed E-state index contributed by atoms with van der Waals surface area (Å²) in [5.74, 6) is 3.16. The number of oxazole rings is 1. The first-order chi connectivity index (χ1) is 13.6. The number of piperidine rings is 1. The maximum Gasteiger partial charge on any atom is 0.216 e. The van der Waals surface area contributed by atoms with E-state index < -0.39 is 0 Å². The molecule has 6 nitrogen and oxygen atoms in total. The zero-order valence-electron chi connectivity index (χ0n) is 17.5. The number of likely N-dealkylation sites (tertiary alicyclic amines) is 1. The summed E-state index contributed by atoms with van der Waals surface area (Å²) in [4.78, 5) is 13.1. The van der Waals surface area contributed by atoms with Crippen molar-refractivity contribution in [3.8, 4) is 0 Å². The molecular weight excluding hydrogens is 370 g/mol.